The fourth-order valence-electron chi connectivity index (χ4n) is 3.02. The molecule has 2 aliphatic rings. The second-order valence-electron chi connectivity index (χ2n) is 6.49. The Morgan fingerprint density at radius 2 is 2.04 bits per heavy atom. The van der Waals surface area contributed by atoms with Crippen LogP contribution in [0.2, 0.25) is 5.02 Å². The number of halogens is 1. The molecule has 0 bridgehead atoms. The third-order valence-corrected chi connectivity index (χ3v) is 5.05. The molecule has 3 rings (SSSR count). The summed E-state index contributed by atoms with van der Waals surface area (Å²) in [4.78, 5) is 14.6. The molecule has 0 aromatic heterocycles. The van der Waals surface area contributed by atoms with E-state index < -0.39 is 0 Å². The highest BCUT2D eigenvalue weighted by Crippen LogP contribution is 2.31. The molecule has 23 heavy (non-hydrogen) atoms. The van der Waals surface area contributed by atoms with E-state index in [-0.39, 0.29) is 5.91 Å². The van der Waals surface area contributed by atoms with Gasteiger partial charge in [-0.2, -0.15) is 0 Å². The average Bonchev–Trinajstić information content (AvgIpc) is 3.39. The SMILES string of the molecule is COc1cc(N)c(Cl)cc1C(=O)N1CCC(NCC2CC2)CC1. The van der Waals surface area contributed by atoms with E-state index in [0.29, 0.717) is 28.1 Å². The van der Waals surface area contributed by atoms with E-state index >= 15 is 0 Å². The lowest BCUT2D eigenvalue weighted by Crippen LogP contribution is -2.45. The van der Waals surface area contributed by atoms with Crippen LogP contribution < -0.4 is 15.8 Å². The summed E-state index contributed by atoms with van der Waals surface area (Å²) in [6, 6.07) is 3.74. The van der Waals surface area contributed by atoms with Gasteiger partial charge in [0.1, 0.15) is 5.75 Å². The normalized spacial score (nSPS) is 19.0. The summed E-state index contributed by atoms with van der Waals surface area (Å²) in [6.07, 6.45) is 4.71. The molecule has 1 amide bonds. The van der Waals surface area contributed by atoms with Gasteiger partial charge >= 0.3 is 0 Å². The number of methoxy groups -OCH3 is 1. The van der Waals surface area contributed by atoms with Gasteiger partial charge in [-0.05, 0) is 44.2 Å². The van der Waals surface area contributed by atoms with E-state index in [4.69, 9.17) is 22.1 Å². The van der Waals surface area contributed by atoms with Gasteiger partial charge in [-0.1, -0.05) is 11.6 Å². The first-order valence-corrected chi connectivity index (χ1v) is 8.62. The molecule has 0 unspecified atom stereocenters. The fourth-order valence-corrected chi connectivity index (χ4v) is 3.18. The van der Waals surface area contributed by atoms with E-state index in [2.05, 4.69) is 5.32 Å². The van der Waals surface area contributed by atoms with Crippen molar-refractivity contribution in [2.75, 3.05) is 32.5 Å². The number of hydrogen-bond acceptors (Lipinski definition) is 4. The number of nitrogens with two attached hydrogens (primary N) is 1. The van der Waals surface area contributed by atoms with E-state index in [0.717, 1.165) is 38.4 Å². The molecule has 1 saturated heterocycles. The van der Waals surface area contributed by atoms with Gasteiger partial charge in [0, 0.05) is 25.2 Å². The minimum absolute atomic E-state index is 0.0376. The van der Waals surface area contributed by atoms with Crippen molar-refractivity contribution in [3.63, 3.8) is 0 Å². The topological polar surface area (TPSA) is 67.6 Å². The molecule has 1 saturated carbocycles. The van der Waals surface area contributed by atoms with Crippen LogP contribution >= 0.6 is 11.6 Å². The Bertz CT molecular complexity index is 581. The van der Waals surface area contributed by atoms with Gasteiger partial charge in [0.2, 0.25) is 0 Å². The van der Waals surface area contributed by atoms with Crippen LogP contribution in [0.3, 0.4) is 0 Å². The van der Waals surface area contributed by atoms with Crippen molar-refractivity contribution in [3.8, 4) is 5.75 Å². The molecular weight excluding hydrogens is 314 g/mol. The third-order valence-electron chi connectivity index (χ3n) is 4.72. The number of rotatable bonds is 5. The molecule has 1 heterocycles. The van der Waals surface area contributed by atoms with Gasteiger partial charge in [0.25, 0.3) is 5.91 Å². The monoisotopic (exact) mass is 337 g/mol. The number of amides is 1. The van der Waals surface area contributed by atoms with Crippen molar-refractivity contribution in [2.24, 2.45) is 5.92 Å². The van der Waals surface area contributed by atoms with Crippen LogP contribution in [0.25, 0.3) is 0 Å². The number of benzene rings is 1. The summed E-state index contributed by atoms with van der Waals surface area (Å²) in [5.41, 5.74) is 6.68. The summed E-state index contributed by atoms with van der Waals surface area (Å²) in [7, 11) is 1.54. The highest BCUT2D eigenvalue weighted by Gasteiger charge is 2.27. The maximum atomic E-state index is 12.8. The molecule has 5 nitrogen and oxygen atoms in total. The molecule has 0 spiro atoms. The Labute approximate surface area is 142 Å². The quantitative estimate of drug-likeness (QED) is 0.810. The number of nitrogens with one attached hydrogen (secondary N) is 1. The summed E-state index contributed by atoms with van der Waals surface area (Å²) in [6.45, 7) is 2.64. The second kappa shape index (κ2) is 6.97. The Morgan fingerprint density at radius 3 is 2.65 bits per heavy atom. The van der Waals surface area contributed by atoms with E-state index in [1.54, 1.807) is 12.1 Å². The number of piperidine rings is 1. The first kappa shape index (κ1) is 16.4. The van der Waals surface area contributed by atoms with Crippen molar-refractivity contribution in [1.29, 1.82) is 0 Å². The van der Waals surface area contributed by atoms with Crippen molar-refractivity contribution in [2.45, 2.75) is 31.7 Å². The third kappa shape index (κ3) is 3.90. The van der Waals surface area contributed by atoms with Crippen LogP contribution in [-0.4, -0.2) is 43.6 Å². The molecule has 126 valence electrons. The smallest absolute Gasteiger partial charge is 0.257 e. The minimum atomic E-state index is -0.0376. The van der Waals surface area contributed by atoms with Crippen molar-refractivity contribution >= 4 is 23.2 Å². The maximum absolute atomic E-state index is 12.8. The highest BCUT2D eigenvalue weighted by molar-refractivity contribution is 6.33. The molecule has 1 aromatic carbocycles. The Kier molecular flexibility index (Phi) is 4.97. The average molecular weight is 338 g/mol. The lowest BCUT2D eigenvalue weighted by atomic mass is 10.0. The van der Waals surface area contributed by atoms with Crippen LogP contribution in [0.15, 0.2) is 12.1 Å². The first-order chi connectivity index (χ1) is 11.1. The molecule has 3 N–H and O–H groups in total. The van der Waals surface area contributed by atoms with Crippen molar-refractivity contribution in [1.82, 2.24) is 10.2 Å². The Morgan fingerprint density at radius 1 is 1.35 bits per heavy atom. The van der Waals surface area contributed by atoms with Crippen LogP contribution in [-0.2, 0) is 0 Å². The zero-order valence-corrected chi connectivity index (χ0v) is 14.2. The summed E-state index contributed by atoms with van der Waals surface area (Å²) in [5.74, 6) is 1.33. The van der Waals surface area contributed by atoms with Crippen LogP contribution in [0.4, 0.5) is 5.69 Å². The molecular formula is C17H24ClN3O2. The van der Waals surface area contributed by atoms with E-state index in [1.165, 1.54) is 20.0 Å². The number of likely N-dealkylation sites (tertiary alicyclic amines) is 1. The number of carbonyl (C=O) groups excluding carboxylic acids is 1. The second-order valence-corrected chi connectivity index (χ2v) is 6.90. The summed E-state index contributed by atoms with van der Waals surface area (Å²) < 4.78 is 5.29. The largest absolute Gasteiger partial charge is 0.496 e. The lowest BCUT2D eigenvalue weighted by Gasteiger charge is -2.33. The van der Waals surface area contributed by atoms with Gasteiger partial charge in [-0.15, -0.1) is 0 Å². The van der Waals surface area contributed by atoms with E-state index in [1.807, 2.05) is 4.90 Å². The predicted molar refractivity (Wildman–Crippen MR) is 92.1 cm³/mol. The highest BCUT2D eigenvalue weighted by atomic mass is 35.5. The van der Waals surface area contributed by atoms with Crippen LogP contribution in [0, 0.1) is 5.92 Å². The lowest BCUT2D eigenvalue weighted by molar-refractivity contribution is 0.0701. The van der Waals surface area contributed by atoms with Crippen molar-refractivity contribution in [3.05, 3.63) is 22.7 Å². The maximum Gasteiger partial charge on any atom is 0.257 e. The van der Waals surface area contributed by atoms with Gasteiger partial charge in [0.05, 0.1) is 23.4 Å². The van der Waals surface area contributed by atoms with E-state index in [9.17, 15) is 4.79 Å². The van der Waals surface area contributed by atoms with Gasteiger partial charge in [0.15, 0.2) is 0 Å². The molecule has 1 aromatic rings. The van der Waals surface area contributed by atoms with Crippen LogP contribution in [0.5, 0.6) is 5.75 Å². The Balaban J connectivity index is 1.61. The summed E-state index contributed by atoms with van der Waals surface area (Å²) in [5, 5.41) is 4.01. The first-order valence-electron chi connectivity index (χ1n) is 8.24. The number of nitrogen functional groups attached to an aromatic ring is 1. The van der Waals surface area contributed by atoms with Crippen LogP contribution in [0.1, 0.15) is 36.0 Å². The predicted octanol–water partition coefficient (Wildman–Crippen LogP) is 2.54. The molecule has 6 heteroatoms. The van der Waals surface area contributed by atoms with Gasteiger partial charge in [-0.3, -0.25) is 4.79 Å². The molecule has 1 aliphatic heterocycles. The fraction of sp³-hybridized carbons (Fsp3) is 0.588. The van der Waals surface area contributed by atoms with Gasteiger partial charge < -0.3 is 20.7 Å². The molecule has 0 radical (unpaired) electrons. The molecule has 2 fully saturated rings. The zero-order chi connectivity index (χ0) is 16.4. The number of carbonyl (C=O) groups is 1. The van der Waals surface area contributed by atoms with Crippen molar-refractivity contribution < 1.29 is 9.53 Å². The number of ether oxygens (including phenoxy) is 1. The van der Waals surface area contributed by atoms with Gasteiger partial charge in [-0.25, -0.2) is 0 Å². The number of hydrogen-bond donors (Lipinski definition) is 2. The molecule has 0 atom stereocenters. The minimum Gasteiger partial charge on any atom is -0.496 e. The number of nitrogens with zero attached hydrogens (tertiary/aromatic N) is 1. The number of anilines is 1. The Hall–Kier alpha value is -1.46. The molecule has 1 aliphatic carbocycles. The summed E-state index contributed by atoms with van der Waals surface area (Å²) >= 11 is 6.06. The standard InChI is InChI=1S/C17H24ClN3O2/c1-23-16-9-15(19)14(18)8-13(16)17(22)21-6-4-12(5-7-21)20-10-11-2-3-11/h8-9,11-12,20H,2-7,10,19H2,1H3. The zero-order valence-electron chi connectivity index (χ0n) is 13.5.